The largest absolute Gasteiger partial charge is 0.478 e. The Balaban J connectivity index is 2.28. The van der Waals surface area contributed by atoms with Gasteiger partial charge in [-0.15, -0.1) is 0 Å². The lowest BCUT2D eigenvalue weighted by Gasteiger charge is -2.29. The van der Waals surface area contributed by atoms with E-state index in [1.165, 1.54) is 11.0 Å². The van der Waals surface area contributed by atoms with Crippen LogP contribution in [-0.2, 0) is 17.7 Å². The highest BCUT2D eigenvalue weighted by molar-refractivity contribution is 5.90. The Morgan fingerprint density at radius 3 is 2.90 bits per heavy atom. The zero-order valence-corrected chi connectivity index (χ0v) is 10.8. The van der Waals surface area contributed by atoms with E-state index in [9.17, 15) is 14.0 Å². The van der Waals surface area contributed by atoms with Crippen molar-refractivity contribution in [1.82, 2.24) is 4.90 Å². The van der Waals surface area contributed by atoms with E-state index >= 15 is 0 Å². The molecule has 0 bridgehead atoms. The summed E-state index contributed by atoms with van der Waals surface area (Å²) >= 11 is 0. The standard InChI is InChI=1S/C14H14FNO4/c1-2-7-20-14(19)16-6-5-9-3-4-11(15)12(13(17)18)10(9)8-16/h2-4H,1,5-8H2,(H,17,18). The summed E-state index contributed by atoms with van der Waals surface area (Å²) in [5, 5.41) is 9.10. The van der Waals surface area contributed by atoms with Crippen molar-refractivity contribution in [3.8, 4) is 0 Å². The lowest BCUT2D eigenvalue weighted by molar-refractivity contribution is 0.0685. The Morgan fingerprint density at radius 2 is 2.25 bits per heavy atom. The third kappa shape index (κ3) is 2.64. The predicted octanol–water partition coefficient (Wildman–Crippen LogP) is 2.20. The van der Waals surface area contributed by atoms with Gasteiger partial charge in [0.25, 0.3) is 0 Å². The summed E-state index contributed by atoms with van der Waals surface area (Å²) in [6.45, 7) is 3.96. The van der Waals surface area contributed by atoms with Crippen molar-refractivity contribution in [2.45, 2.75) is 13.0 Å². The maximum Gasteiger partial charge on any atom is 0.410 e. The van der Waals surface area contributed by atoms with Gasteiger partial charge in [-0.3, -0.25) is 0 Å². The molecule has 1 N–H and O–H groups in total. The number of benzene rings is 1. The number of fused-ring (bicyclic) bond motifs is 1. The summed E-state index contributed by atoms with van der Waals surface area (Å²) in [7, 11) is 0. The first-order chi connectivity index (χ1) is 9.54. The smallest absolute Gasteiger partial charge is 0.410 e. The Kier molecular flexibility index (Phi) is 4.02. The second-order valence-corrected chi connectivity index (χ2v) is 4.40. The second-order valence-electron chi connectivity index (χ2n) is 4.40. The van der Waals surface area contributed by atoms with E-state index in [2.05, 4.69) is 6.58 Å². The molecule has 0 saturated carbocycles. The number of rotatable bonds is 3. The lowest BCUT2D eigenvalue weighted by atomic mass is 9.94. The van der Waals surface area contributed by atoms with Gasteiger partial charge in [0.05, 0.1) is 6.54 Å². The van der Waals surface area contributed by atoms with E-state index in [4.69, 9.17) is 9.84 Å². The van der Waals surface area contributed by atoms with Crippen LogP contribution in [0.25, 0.3) is 0 Å². The quantitative estimate of drug-likeness (QED) is 0.861. The van der Waals surface area contributed by atoms with Crippen LogP contribution >= 0.6 is 0 Å². The number of halogens is 1. The van der Waals surface area contributed by atoms with Crippen molar-refractivity contribution in [3.63, 3.8) is 0 Å². The zero-order chi connectivity index (χ0) is 14.7. The zero-order valence-electron chi connectivity index (χ0n) is 10.8. The highest BCUT2D eigenvalue weighted by atomic mass is 19.1. The van der Waals surface area contributed by atoms with Gasteiger partial charge in [-0.2, -0.15) is 0 Å². The van der Waals surface area contributed by atoms with Gasteiger partial charge in [0.1, 0.15) is 18.0 Å². The Hall–Kier alpha value is -2.37. The first-order valence-corrected chi connectivity index (χ1v) is 6.10. The van der Waals surface area contributed by atoms with Gasteiger partial charge in [0, 0.05) is 6.54 Å². The molecule has 0 saturated heterocycles. The SMILES string of the molecule is C=CCOC(=O)N1CCc2ccc(F)c(C(=O)O)c2C1. The summed E-state index contributed by atoms with van der Waals surface area (Å²) in [5.74, 6) is -2.13. The Labute approximate surface area is 115 Å². The number of carbonyl (C=O) groups excluding carboxylic acids is 1. The third-order valence-electron chi connectivity index (χ3n) is 3.16. The van der Waals surface area contributed by atoms with E-state index in [1.54, 1.807) is 6.07 Å². The molecule has 1 aromatic rings. The second kappa shape index (κ2) is 5.73. The molecular formula is C14H14FNO4. The fraction of sp³-hybridized carbons (Fsp3) is 0.286. The highest BCUT2D eigenvalue weighted by Crippen LogP contribution is 2.25. The Morgan fingerprint density at radius 1 is 1.50 bits per heavy atom. The van der Waals surface area contributed by atoms with Crippen molar-refractivity contribution in [2.24, 2.45) is 0 Å². The van der Waals surface area contributed by atoms with E-state index in [0.717, 1.165) is 11.6 Å². The fourth-order valence-corrected chi connectivity index (χ4v) is 2.21. The van der Waals surface area contributed by atoms with Gasteiger partial charge in [0.2, 0.25) is 0 Å². The summed E-state index contributed by atoms with van der Waals surface area (Å²) in [5.41, 5.74) is 0.708. The van der Waals surface area contributed by atoms with Gasteiger partial charge < -0.3 is 14.7 Å². The molecule has 1 heterocycles. The van der Waals surface area contributed by atoms with Crippen molar-refractivity contribution < 1.29 is 23.8 Å². The molecular weight excluding hydrogens is 265 g/mol. The molecule has 0 atom stereocenters. The number of aromatic carboxylic acids is 1. The minimum absolute atomic E-state index is 0.0324. The van der Waals surface area contributed by atoms with Gasteiger partial charge >= 0.3 is 12.1 Å². The topological polar surface area (TPSA) is 66.8 Å². The molecule has 1 aliphatic heterocycles. The van der Waals surface area contributed by atoms with Crippen LogP contribution < -0.4 is 0 Å². The summed E-state index contributed by atoms with van der Waals surface area (Å²) in [6.07, 6.45) is 1.35. The third-order valence-corrected chi connectivity index (χ3v) is 3.16. The average Bonchev–Trinajstić information content (AvgIpc) is 2.43. The molecule has 0 aromatic heterocycles. The molecule has 106 valence electrons. The van der Waals surface area contributed by atoms with Crippen LogP contribution in [0.5, 0.6) is 0 Å². The van der Waals surface area contributed by atoms with E-state index in [0.29, 0.717) is 18.5 Å². The molecule has 6 heteroatoms. The van der Waals surface area contributed by atoms with E-state index < -0.39 is 17.9 Å². The summed E-state index contributed by atoms with van der Waals surface area (Å²) in [6, 6.07) is 2.71. The van der Waals surface area contributed by atoms with Gasteiger partial charge in [-0.25, -0.2) is 14.0 Å². The van der Waals surface area contributed by atoms with Gasteiger partial charge in [-0.1, -0.05) is 18.7 Å². The number of carboxylic acids is 1. The summed E-state index contributed by atoms with van der Waals surface area (Å²) in [4.78, 5) is 24.3. The number of carbonyl (C=O) groups is 2. The predicted molar refractivity (Wildman–Crippen MR) is 69.0 cm³/mol. The van der Waals surface area contributed by atoms with Crippen LogP contribution in [0, 0.1) is 5.82 Å². The molecule has 0 spiro atoms. The molecule has 1 aromatic carbocycles. The maximum absolute atomic E-state index is 13.6. The first-order valence-electron chi connectivity index (χ1n) is 6.10. The molecule has 1 aliphatic rings. The number of hydrogen-bond donors (Lipinski definition) is 1. The molecule has 1 amide bonds. The minimum atomic E-state index is -1.33. The maximum atomic E-state index is 13.6. The van der Waals surface area contributed by atoms with Crippen molar-refractivity contribution >= 4 is 12.1 Å². The normalized spacial score (nSPS) is 13.6. The van der Waals surface area contributed by atoms with Crippen LogP contribution in [0.2, 0.25) is 0 Å². The number of ether oxygens (including phenoxy) is 1. The Bertz CT molecular complexity index is 571. The molecule has 0 unspecified atom stereocenters. The monoisotopic (exact) mass is 279 g/mol. The average molecular weight is 279 g/mol. The van der Waals surface area contributed by atoms with E-state index in [-0.39, 0.29) is 18.7 Å². The summed E-state index contributed by atoms with van der Waals surface area (Å²) < 4.78 is 18.5. The molecule has 0 radical (unpaired) electrons. The lowest BCUT2D eigenvalue weighted by Crippen LogP contribution is -2.37. The molecule has 2 rings (SSSR count). The van der Waals surface area contributed by atoms with Crippen LogP contribution in [0.4, 0.5) is 9.18 Å². The van der Waals surface area contributed by atoms with E-state index in [1.807, 2.05) is 0 Å². The minimum Gasteiger partial charge on any atom is -0.478 e. The molecule has 5 nitrogen and oxygen atoms in total. The van der Waals surface area contributed by atoms with Gasteiger partial charge in [-0.05, 0) is 23.6 Å². The first kappa shape index (κ1) is 14.0. The number of amides is 1. The van der Waals surface area contributed by atoms with Crippen molar-refractivity contribution in [2.75, 3.05) is 13.2 Å². The van der Waals surface area contributed by atoms with Gasteiger partial charge in [0.15, 0.2) is 0 Å². The van der Waals surface area contributed by atoms with Crippen molar-refractivity contribution in [1.29, 1.82) is 0 Å². The van der Waals surface area contributed by atoms with Crippen molar-refractivity contribution in [3.05, 3.63) is 47.3 Å². The number of hydrogen-bond acceptors (Lipinski definition) is 3. The molecule has 0 aliphatic carbocycles. The molecule has 0 fully saturated rings. The van der Waals surface area contributed by atoms with Crippen LogP contribution in [0.15, 0.2) is 24.8 Å². The van der Waals surface area contributed by atoms with Crippen LogP contribution in [0.3, 0.4) is 0 Å². The number of nitrogens with zero attached hydrogens (tertiary/aromatic N) is 1. The van der Waals surface area contributed by atoms with Crippen LogP contribution in [-0.4, -0.2) is 35.2 Å². The molecule has 20 heavy (non-hydrogen) atoms. The number of carboxylic acid groups (broad SMARTS) is 1. The van der Waals surface area contributed by atoms with Crippen LogP contribution in [0.1, 0.15) is 21.5 Å². The fourth-order valence-electron chi connectivity index (χ4n) is 2.21. The highest BCUT2D eigenvalue weighted by Gasteiger charge is 2.27.